The molecule has 2 N–H and O–H groups in total. The Labute approximate surface area is 185 Å². The molecule has 162 valence electrons. The number of nitrogens with zero attached hydrogens (tertiary/aromatic N) is 1. The van der Waals surface area contributed by atoms with Crippen molar-refractivity contribution in [1.29, 1.82) is 0 Å². The quantitative estimate of drug-likeness (QED) is 0.552. The summed E-state index contributed by atoms with van der Waals surface area (Å²) in [4.78, 5) is 13.9. The number of rotatable bonds is 9. The van der Waals surface area contributed by atoms with E-state index in [1.54, 1.807) is 6.07 Å². The van der Waals surface area contributed by atoms with Gasteiger partial charge in [0, 0.05) is 25.3 Å². The van der Waals surface area contributed by atoms with Crippen molar-refractivity contribution in [2.75, 3.05) is 49.7 Å². The Morgan fingerprint density at radius 1 is 1.17 bits per heavy atom. The van der Waals surface area contributed by atoms with Gasteiger partial charge in [0.25, 0.3) is 0 Å². The summed E-state index contributed by atoms with van der Waals surface area (Å²) in [5.41, 5.74) is 2.74. The van der Waals surface area contributed by atoms with E-state index < -0.39 is 5.97 Å². The van der Waals surface area contributed by atoms with Gasteiger partial charge in [-0.15, -0.1) is 0 Å². The Morgan fingerprint density at radius 3 is 2.57 bits per heavy atom. The number of hydrogen-bond donors (Lipinski definition) is 2. The van der Waals surface area contributed by atoms with Crippen molar-refractivity contribution in [3.63, 3.8) is 0 Å². The third-order valence-corrected chi connectivity index (χ3v) is 5.32. The number of morpholine rings is 1. The summed E-state index contributed by atoms with van der Waals surface area (Å²) in [7, 11) is 0. The zero-order valence-corrected chi connectivity index (χ0v) is 18.8. The molecule has 1 fully saturated rings. The number of halogens is 1. The van der Waals surface area contributed by atoms with Crippen LogP contribution in [0.1, 0.15) is 29.8 Å². The molecule has 30 heavy (non-hydrogen) atoms. The number of carbonyl (C=O) groups is 1. The van der Waals surface area contributed by atoms with Crippen LogP contribution in [-0.2, 0) is 11.3 Å². The summed E-state index contributed by atoms with van der Waals surface area (Å²) in [5, 5.41) is 13.0. The molecule has 0 atom stereocenters. The summed E-state index contributed by atoms with van der Waals surface area (Å²) in [6.07, 6.45) is 0. The Morgan fingerprint density at radius 2 is 1.90 bits per heavy atom. The lowest BCUT2D eigenvalue weighted by atomic mass is 10.1. The smallest absolute Gasteiger partial charge is 0.337 e. The number of benzene rings is 2. The van der Waals surface area contributed by atoms with Crippen molar-refractivity contribution < 1.29 is 24.1 Å². The molecule has 0 radical (unpaired) electrons. The van der Waals surface area contributed by atoms with E-state index in [2.05, 4.69) is 26.1 Å². The Kier molecular flexibility index (Phi) is 7.81. The molecule has 0 unspecified atom stereocenters. The minimum absolute atomic E-state index is 0.282. The van der Waals surface area contributed by atoms with E-state index in [1.165, 1.54) is 0 Å². The molecule has 0 spiro atoms. The monoisotopic (exact) mass is 478 g/mol. The largest absolute Gasteiger partial charge is 0.490 e. The van der Waals surface area contributed by atoms with Crippen LogP contribution in [0.25, 0.3) is 0 Å². The average molecular weight is 479 g/mol. The third kappa shape index (κ3) is 5.37. The lowest BCUT2D eigenvalue weighted by Crippen LogP contribution is -2.37. The first kappa shape index (κ1) is 22.2. The molecule has 1 saturated heterocycles. The summed E-state index contributed by atoms with van der Waals surface area (Å²) in [5.74, 6) is 0.424. The minimum Gasteiger partial charge on any atom is -0.490 e. The molecular weight excluding hydrogens is 452 g/mol. The number of hydrogen-bond acceptors (Lipinski definition) is 6. The molecular formula is C22H27BrN2O5. The van der Waals surface area contributed by atoms with E-state index in [-0.39, 0.29) is 5.56 Å². The van der Waals surface area contributed by atoms with E-state index in [9.17, 15) is 9.90 Å². The normalized spacial score (nSPS) is 13.8. The molecule has 7 nitrogen and oxygen atoms in total. The average Bonchev–Trinajstić information content (AvgIpc) is 2.75. The van der Waals surface area contributed by atoms with Gasteiger partial charge < -0.3 is 29.5 Å². The van der Waals surface area contributed by atoms with Gasteiger partial charge in [-0.3, -0.25) is 0 Å². The number of anilines is 2. The highest BCUT2D eigenvalue weighted by Gasteiger charge is 2.19. The molecule has 3 rings (SSSR count). The van der Waals surface area contributed by atoms with Gasteiger partial charge in [0.1, 0.15) is 0 Å². The van der Waals surface area contributed by atoms with E-state index in [0.717, 1.165) is 21.4 Å². The first-order valence-corrected chi connectivity index (χ1v) is 10.8. The van der Waals surface area contributed by atoms with Gasteiger partial charge in [-0.2, -0.15) is 0 Å². The Bertz CT molecular complexity index is 884. The molecule has 2 aromatic rings. The van der Waals surface area contributed by atoms with Gasteiger partial charge in [0.15, 0.2) is 11.5 Å². The zero-order chi connectivity index (χ0) is 21.5. The Balaban J connectivity index is 1.78. The molecule has 0 bridgehead atoms. The highest BCUT2D eigenvalue weighted by molar-refractivity contribution is 9.10. The lowest BCUT2D eigenvalue weighted by Gasteiger charge is -2.30. The van der Waals surface area contributed by atoms with Gasteiger partial charge in [0.05, 0.1) is 42.2 Å². The number of ether oxygens (including phenoxy) is 3. The number of nitrogens with one attached hydrogen (secondary N) is 1. The first-order valence-electron chi connectivity index (χ1n) is 10.0. The second-order valence-corrected chi connectivity index (χ2v) is 7.62. The second kappa shape index (κ2) is 10.5. The second-order valence-electron chi connectivity index (χ2n) is 6.76. The van der Waals surface area contributed by atoms with E-state index in [1.807, 2.05) is 38.1 Å². The summed E-state index contributed by atoms with van der Waals surface area (Å²) in [6, 6.07) is 9.36. The molecule has 0 aliphatic carbocycles. The van der Waals surface area contributed by atoms with Crippen molar-refractivity contribution in [2.45, 2.75) is 20.4 Å². The minimum atomic E-state index is -0.942. The van der Waals surface area contributed by atoms with Crippen LogP contribution in [0.3, 0.4) is 0 Å². The number of aromatic carboxylic acids is 1. The lowest BCUT2D eigenvalue weighted by molar-refractivity contribution is 0.0696. The fourth-order valence-electron chi connectivity index (χ4n) is 3.37. The third-order valence-electron chi connectivity index (χ3n) is 4.73. The maximum Gasteiger partial charge on any atom is 0.337 e. The summed E-state index contributed by atoms with van der Waals surface area (Å²) < 4.78 is 17.6. The summed E-state index contributed by atoms with van der Waals surface area (Å²) >= 11 is 3.55. The molecule has 1 aliphatic heterocycles. The maximum absolute atomic E-state index is 11.8. The zero-order valence-electron chi connectivity index (χ0n) is 17.2. The van der Waals surface area contributed by atoms with Crippen molar-refractivity contribution in [3.8, 4) is 11.5 Å². The van der Waals surface area contributed by atoms with Gasteiger partial charge >= 0.3 is 5.97 Å². The van der Waals surface area contributed by atoms with Crippen LogP contribution >= 0.6 is 15.9 Å². The van der Waals surface area contributed by atoms with Crippen molar-refractivity contribution in [1.82, 2.24) is 0 Å². The van der Waals surface area contributed by atoms with Crippen LogP contribution in [0.15, 0.2) is 34.8 Å². The van der Waals surface area contributed by atoms with Crippen LogP contribution in [-0.4, -0.2) is 50.6 Å². The van der Waals surface area contributed by atoms with Crippen LogP contribution in [0, 0.1) is 0 Å². The molecule has 0 amide bonds. The predicted molar refractivity (Wildman–Crippen MR) is 120 cm³/mol. The van der Waals surface area contributed by atoms with E-state index in [0.29, 0.717) is 57.6 Å². The van der Waals surface area contributed by atoms with Crippen LogP contribution in [0.5, 0.6) is 11.5 Å². The highest BCUT2D eigenvalue weighted by atomic mass is 79.9. The van der Waals surface area contributed by atoms with E-state index in [4.69, 9.17) is 14.2 Å². The molecule has 8 heteroatoms. The van der Waals surface area contributed by atoms with Gasteiger partial charge in [-0.1, -0.05) is 0 Å². The molecule has 0 aromatic heterocycles. The van der Waals surface area contributed by atoms with Crippen LogP contribution < -0.4 is 19.7 Å². The summed E-state index contributed by atoms with van der Waals surface area (Å²) in [6.45, 7) is 8.04. The highest BCUT2D eigenvalue weighted by Crippen LogP contribution is 2.37. The molecule has 1 aliphatic rings. The fourth-order valence-corrected chi connectivity index (χ4v) is 3.98. The number of carboxylic acid groups (broad SMARTS) is 1. The SMILES string of the molecule is CCOc1cc(CNc2ccc(N3CCOCC3)c(C(=O)O)c2)cc(Br)c1OCC. The molecule has 0 saturated carbocycles. The van der Waals surface area contributed by atoms with Gasteiger partial charge in [-0.25, -0.2) is 4.79 Å². The van der Waals surface area contributed by atoms with Crippen molar-refractivity contribution in [3.05, 3.63) is 45.9 Å². The Hall–Kier alpha value is -2.45. The van der Waals surface area contributed by atoms with Crippen molar-refractivity contribution >= 4 is 33.3 Å². The van der Waals surface area contributed by atoms with Crippen LogP contribution in [0.4, 0.5) is 11.4 Å². The fraction of sp³-hybridized carbons (Fsp3) is 0.409. The topological polar surface area (TPSA) is 80.3 Å². The number of carboxylic acids is 1. The van der Waals surface area contributed by atoms with Gasteiger partial charge in [-0.05, 0) is 65.7 Å². The van der Waals surface area contributed by atoms with Gasteiger partial charge in [0.2, 0.25) is 0 Å². The molecule has 1 heterocycles. The standard InChI is InChI=1S/C22H27BrN2O5/c1-3-29-20-12-15(11-18(23)21(20)30-4-2)14-24-16-5-6-19(17(13-16)22(26)27)25-7-9-28-10-8-25/h5-6,11-13,24H,3-4,7-10,14H2,1-2H3,(H,26,27). The molecule has 2 aromatic carbocycles. The predicted octanol–water partition coefficient (Wildman–Crippen LogP) is 4.39. The van der Waals surface area contributed by atoms with Crippen LogP contribution in [0.2, 0.25) is 0 Å². The first-order chi connectivity index (χ1) is 14.5. The van der Waals surface area contributed by atoms with Crippen molar-refractivity contribution in [2.24, 2.45) is 0 Å². The maximum atomic E-state index is 11.8. The van der Waals surface area contributed by atoms with E-state index >= 15 is 0 Å².